The lowest BCUT2D eigenvalue weighted by Crippen LogP contribution is -2.40. The summed E-state index contributed by atoms with van der Waals surface area (Å²) in [7, 11) is 0. The van der Waals surface area contributed by atoms with Gasteiger partial charge in [-0.05, 0) is 40.9 Å². The van der Waals surface area contributed by atoms with Gasteiger partial charge in [0, 0.05) is 6.20 Å². The first kappa shape index (κ1) is 13.6. The molecule has 6 heteroatoms. The Balaban J connectivity index is 2.90. The van der Waals surface area contributed by atoms with Gasteiger partial charge in [-0.1, -0.05) is 6.92 Å². The molecular formula is C11H13BrN2O3. The zero-order chi connectivity index (χ0) is 13.0. The van der Waals surface area contributed by atoms with Crippen LogP contribution in [0.15, 0.2) is 16.7 Å². The SMILES string of the molecule is CCC(NC(=O)c1nccc(C)c1Br)C(=O)O. The first-order valence-electron chi connectivity index (χ1n) is 5.12. The van der Waals surface area contributed by atoms with Gasteiger partial charge < -0.3 is 10.4 Å². The van der Waals surface area contributed by atoms with Crippen LogP contribution in [0.1, 0.15) is 29.4 Å². The smallest absolute Gasteiger partial charge is 0.326 e. The molecule has 1 amide bonds. The summed E-state index contributed by atoms with van der Waals surface area (Å²) in [5.74, 6) is -1.54. The van der Waals surface area contributed by atoms with Crippen molar-refractivity contribution in [1.29, 1.82) is 0 Å². The van der Waals surface area contributed by atoms with E-state index >= 15 is 0 Å². The predicted octanol–water partition coefficient (Wildman–Crippen LogP) is 1.75. The Hall–Kier alpha value is -1.43. The van der Waals surface area contributed by atoms with E-state index in [9.17, 15) is 9.59 Å². The van der Waals surface area contributed by atoms with Crippen LogP contribution in [0.2, 0.25) is 0 Å². The lowest BCUT2D eigenvalue weighted by Gasteiger charge is -2.12. The minimum atomic E-state index is -1.05. The number of nitrogens with zero attached hydrogens (tertiary/aromatic N) is 1. The minimum Gasteiger partial charge on any atom is -0.480 e. The van der Waals surface area contributed by atoms with Crippen molar-refractivity contribution in [2.75, 3.05) is 0 Å². The zero-order valence-electron chi connectivity index (χ0n) is 9.53. The summed E-state index contributed by atoms with van der Waals surface area (Å²) in [6.45, 7) is 3.52. The number of hydrogen-bond donors (Lipinski definition) is 2. The van der Waals surface area contributed by atoms with Crippen molar-refractivity contribution in [3.63, 3.8) is 0 Å². The van der Waals surface area contributed by atoms with Crippen molar-refractivity contribution in [3.8, 4) is 0 Å². The highest BCUT2D eigenvalue weighted by Crippen LogP contribution is 2.18. The topological polar surface area (TPSA) is 79.3 Å². The second-order valence-electron chi connectivity index (χ2n) is 3.56. The lowest BCUT2D eigenvalue weighted by atomic mass is 10.2. The fourth-order valence-electron chi connectivity index (χ4n) is 1.26. The van der Waals surface area contributed by atoms with Gasteiger partial charge >= 0.3 is 5.97 Å². The van der Waals surface area contributed by atoms with Gasteiger partial charge in [0.05, 0.1) is 4.47 Å². The van der Waals surface area contributed by atoms with E-state index < -0.39 is 17.9 Å². The number of carbonyl (C=O) groups is 2. The van der Waals surface area contributed by atoms with Crippen molar-refractivity contribution in [3.05, 3.63) is 28.0 Å². The van der Waals surface area contributed by atoms with E-state index in [4.69, 9.17) is 5.11 Å². The van der Waals surface area contributed by atoms with Gasteiger partial charge in [0.15, 0.2) is 0 Å². The van der Waals surface area contributed by atoms with Crippen LogP contribution in [0.4, 0.5) is 0 Å². The predicted molar refractivity (Wildman–Crippen MR) is 65.9 cm³/mol. The van der Waals surface area contributed by atoms with Gasteiger partial charge in [-0.15, -0.1) is 0 Å². The van der Waals surface area contributed by atoms with E-state index in [2.05, 4.69) is 26.2 Å². The maximum absolute atomic E-state index is 11.8. The van der Waals surface area contributed by atoms with Crippen LogP contribution >= 0.6 is 15.9 Å². The van der Waals surface area contributed by atoms with E-state index in [0.29, 0.717) is 10.9 Å². The zero-order valence-corrected chi connectivity index (χ0v) is 11.1. The molecule has 92 valence electrons. The van der Waals surface area contributed by atoms with Gasteiger partial charge in [0.1, 0.15) is 11.7 Å². The number of carboxylic acid groups (broad SMARTS) is 1. The lowest BCUT2D eigenvalue weighted by molar-refractivity contribution is -0.139. The molecule has 0 aromatic carbocycles. The van der Waals surface area contributed by atoms with Crippen molar-refractivity contribution in [2.24, 2.45) is 0 Å². The van der Waals surface area contributed by atoms with Crippen LogP contribution in [-0.4, -0.2) is 28.0 Å². The average molecular weight is 301 g/mol. The van der Waals surface area contributed by atoms with Crippen LogP contribution < -0.4 is 5.32 Å². The number of carboxylic acids is 1. The molecule has 17 heavy (non-hydrogen) atoms. The standard InChI is InChI=1S/C11H13BrN2O3/c1-3-7(11(16)17)14-10(15)9-8(12)6(2)4-5-13-9/h4-5,7H,3H2,1-2H3,(H,14,15)(H,16,17). The molecule has 1 aromatic rings. The second kappa shape index (κ2) is 5.77. The number of halogens is 1. The van der Waals surface area contributed by atoms with Gasteiger partial charge in [0.2, 0.25) is 0 Å². The molecule has 1 atom stereocenters. The molecule has 1 heterocycles. The maximum atomic E-state index is 11.8. The van der Waals surface area contributed by atoms with Gasteiger partial charge in [0.25, 0.3) is 5.91 Å². The molecule has 0 saturated heterocycles. The summed E-state index contributed by atoms with van der Waals surface area (Å²) >= 11 is 3.26. The fourth-order valence-corrected chi connectivity index (χ4v) is 1.68. The number of nitrogens with one attached hydrogen (secondary N) is 1. The Morgan fingerprint density at radius 1 is 1.59 bits per heavy atom. The van der Waals surface area contributed by atoms with Gasteiger partial charge in [-0.2, -0.15) is 0 Å². The maximum Gasteiger partial charge on any atom is 0.326 e. The number of carbonyl (C=O) groups excluding carboxylic acids is 1. The molecule has 0 saturated carbocycles. The van der Waals surface area contributed by atoms with Gasteiger partial charge in [-0.3, -0.25) is 4.79 Å². The van der Waals surface area contributed by atoms with Gasteiger partial charge in [-0.25, -0.2) is 9.78 Å². The molecule has 0 bridgehead atoms. The van der Waals surface area contributed by atoms with Crippen LogP contribution in [0.5, 0.6) is 0 Å². The molecule has 2 N–H and O–H groups in total. The Kier molecular flexibility index (Phi) is 4.62. The van der Waals surface area contributed by atoms with E-state index in [1.165, 1.54) is 6.20 Å². The summed E-state index contributed by atoms with van der Waals surface area (Å²) in [5, 5.41) is 11.3. The Labute approximate surface area is 107 Å². The highest BCUT2D eigenvalue weighted by Gasteiger charge is 2.21. The molecule has 0 aliphatic rings. The molecule has 0 aliphatic carbocycles. The average Bonchev–Trinajstić information content (AvgIpc) is 2.28. The molecule has 1 aromatic heterocycles. The molecule has 1 rings (SSSR count). The Bertz CT molecular complexity index is 448. The molecule has 1 unspecified atom stereocenters. The quantitative estimate of drug-likeness (QED) is 0.888. The highest BCUT2D eigenvalue weighted by molar-refractivity contribution is 9.10. The third kappa shape index (κ3) is 3.26. The van der Waals surface area contributed by atoms with Crippen molar-refractivity contribution in [2.45, 2.75) is 26.3 Å². The molecule has 0 radical (unpaired) electrons. The molecule has 5 nitrogen and oxygen atoms in total. The fraction of sp³-hybridized carbons (Fsp3) is 0.364. The summed E-state index contributed by atoms with van der Waals surface area (Å²) in [6.07, 6.45) is 1.83. The first-order chi connectivity index (χ1) is 7.97. The highest BCUT2D eigenvalue weighted by atomic mass is 79.9. The number of hydrogen-bond acceptors (Lipinski definition) is 3. The first-order valence-corrected chi connectivity index (χ1v) is 5.91. The van der Waals surface area contributed by atoms with Crippen LogP contribution in [0.25, 0.3) is 0 Å². The molecular weight excluding hydrogens is 288 g/mol. The third-order valence-electron chi connectivity index (χ3n) is 2.31. The number of pyridine rings is 1. The van der Waals surface area contributed by atoms with Crippen LogP contribution in [-0.2, 0) is 4.79 Å². The summed E-state index contributed by atoms with van der Waals surface area (Å²) in [5.41, 5.74) is 1.07. The van der Waals surface area contributed by atoms with Crippen LogP contribution in [0, 0.1) is 6.92 Å². The monoisotopic (exact) mass is 300 g/mol. The van der Waals surface area contributed by atoms with E-state index in [1.807, 2.05) is 6.92 Å². The minimum absolute atomic E-state index is 0.199. The number of aliphatic carboxylic acids is 1. The van der Waals surface area contributed by atoms with E-state index in [-0.39, 0.29) is 5.69 Å². The molecule has 0 spiro atoms. The number of rotatable bonds is 4. The number of amides is 1. The number of aromatic nitrogens is 1. The van der Waals surface area contributed by atoms with Crippen molar-refractivity contribution in [1.82, 2.24) is 10.3 Å². The molecule has 0 fully saturated rings. The normalized spacial score (nSPS) is 11.9. The second-order valence-corrected chi connectivity index (χ2v) is 4.36. The van der Waals surface area contributed by atoms with E-state index in [0.717, 1.165) is 5.56 Å². The van der Waals surface area contributed by atoms with Crippen molar-refractivity contribution >= 4 is 27.8 Å². The van der Waals surface area contributed by atoms with Crippen LogP contribution in [0.3, 0.4) is 0 Å². The summed E-state index contributed by atoms with van der Waals surface area (Å²) in [4.78, 5) is 26.6. The summed E-state index contributed by atoms with van der Waals surface area (Å²) in [6, 6.07) is 0.867. The third-order valence-corrected chi connectivity index (χ3v) is 3.31. The Morgan fingerprint density at radius 2 is 2.24 bits per heavy atom. The van der Waals surface area contributed by atoms with E-state index in [1.54, 1.807) is 13.0 Å². The molecule has 0 aliphatic heterocycles. The summed E-state index contributed by atoms with van der Waals surface area (Å²) < 4.78 is 0.581. The number of aryl methyl sites for hydroxylation is 1. The van der Waals surface area contributed by atoms with Crippen molar-refractivity contribution < 1.29 is 14.7 Å². The largest absolute Gasteiger partial charge is 0.480 e. The Morgan fingerprint density at radius 3 is 2.76 bits per heavy atom.